The standard InChI is InChI=1S/C31H28NS.C23H32NSi.Ir/c1-21-15-16-26(28-20-23(17-18-32-28)19-22-9-4-2-5-10-22)31-29(21)27-14-8-13-25(30(27)33-31)24-11-6-3-7-12-24;1-17(2)13-21-15-22(24-16-23(21)25(3,4)5)20-12-8-11-19(14-20)18-9-6-7-10-18;/h3,6-8,11-15,17-18,20,22H,2,4-5,9-10,19H2,1H3;8,11,14-18H,6-7,9-10,13H2,1-5H3;/q2*-1;. The maximum Gasteiger partial charge on any atom is 0.0798 e. The summed E-state index contributed by atoms with van der Waals surface area (Å²) in [6.07, 6.45) is 18.8. The van der Waals surface area contributed by atoms with Crippen molar-refractivity contribution in [2.45, 2.75) is 117 Å². The Labute approximate surface area is 372 Å². The van der Waals surface area contributed by atoms with Gasteiger partial charge < -0.3 is 9.97 Å². The maximum atomic E-state index is 4.85. The summed E-state index contributed by atoms with van der Waals surface area (Å²) in [6, 6.07) is 40.2. The van der Waals surface area contributed by atoms with Gasteiger partial charge >= 0.3 is 0 Å². The van der Waals surface area contributed by atoms with Gasteiger partial charge in [-0.1, -0.05) is 163 Å². The molecule has 0 bridgehead atoms. The average molecular weight is 989 g/mol. The Morgan fingerprint density at radius 1 is 0.780 bits per heavy atom. The number of hydrogen-bond donors (Lipinski definition) is 0. The first-order valence-electron chi connectivity index (χ1n) is 22.0. The van der Waals surface area contributed by atoms with E-state index >= 15 is 0 Å². The number of hydrogen-bond acceptors (Lipinski definition) is 3. The molecule has 4 aromatic carbocycles. The van der Waals surface area contributed by atoms with Crippen LogP contribution in [0.2, 0.25) is 19.6 Å². The number of pyridine rings is 2. The van der Waals surface area contributed by atoms with Crippen LogP contribution >= 0.6 is 11.3 Å². The van der Waals surface area contributed by atoms with E-state index in [0.29, 0.717) is 5.92 Å². The molecule has 2 aliphatic rings. The third-order valence-corrected chi connectivity index (χ3v) is 15.9. The van der Waals surface area contributed by atoms with Crippen molar-refractivity contribution < 1.29 is 20.1 Å². The van der Waals surface area contributed by atoms with Gasteiger partial charge in [0.25, 0.3) is 0 Å². The zero-order valence-corrected chi connectivity index (χ0v) is 40.2. The van der Waals surface area contributed by atoms with Gasteiger partial charge in [-0.15, -0.1) is 58.7 Å². The summed E-state index contributed by atoms with van der Waals surface area (Å²) in [4.78, 5) is 9.66. The van der Waals surface area contributed by atoms with E-state index in [0.717, 1.165) is 40.8 Å². The number of aryl methyl sites for hydroxylation is 1. The quantitative estimate of drug-likeness (QED) is 0.106. The minimum atomic E-state index is -1.37. The van der Waals surface area contributed by atoms with Crippen LogP contribution in [-0.4, -0.2) is 18.0 Å². The van der Waals surface area contributed by atoms with Crippen LogP contribution in [0.1, 0.15) is 99.8 Å². The number of aromatic nitrogens is 2. The monoisotopic (exact) mass is 989 g/mol. The zero-order chi connectivity index (χ0) is 40.2. The molecule has 1 radical (unpaired) electrons. The summed E-state index contributed by atoms with van der Waals surface area (Å²) in [6.45, 7) is 14.1. The first kappa shape index (κ1) is 43.4. The molecular weight excluding hydrogens is 929 g/mol. The predicted molar refractivity (Wildman–Crippen MR) is 253 cm³/mol. The molecule has 2 fully saturated rings. The molecule has 307 valence electrons. The predicted octanol–water partition coefficient (Wildman–Crippen LogP) is 15.0. The van der Waals surface area contributed by atoms with Crippen LogP contribution in [0.3, 0.4) is 0 Å². The first-order chi connectivity index (χ1) is 28.1. The third kappa shape index (κ3) is 10.1. The van der Waals surface area contributed by atoms with Crippen molar-refractivity contribution >= 4 is 44.8 Å². The average Bonchev–Trinajstić information content (AvgIpc) is 3.91. The van der Waals surface area contributed by atoms with Crippen LogP contribution < -0.4 is 5.19 Å². The summed E-state index contributed by atoms with van der Waals surface area (Å²) in [5.74, 6) is 2.23. The van der Waals surface area contributed by atoms with Gasteiger partial charge in [0.1, 0.15) is 0 Å². The summed E-state index contributed by atoms with van der Waals surface area (Å²) < 4.78 is 2.65. The molecule has 7 aromatic rings. The van der Waals surface area contributed by atoms with Gasteiger partial charge in [-0.25, -0.2) is 0 Å². The second-order valence-electron chi connectivity index (χ2n) is 18.6. The number of fused-ring (bicyclic) bond motifs is 3. The molecule has 3 heterocycles. The topological polar surface area (TPSA) is 25.8 Å². The second kappa shape index (κ2) is 19.3. The van der Waals surface area contributed by atoms with Crippen molar-refractivity contribution in [2.24, 2.45) is 11.8 Å². The smallest absolute Gasteiger partial charge is 0.0798 e. The molecule has 0 aliphatic heterocycles. The number of nitrogens with zero attached hydrogens (tertiary/aromatic N) is 2. The van der Waals surface area contributed by atoms with Crippen molar-refractivity contribution in [1.29, 1.82) is 0 Å². The maximum absolute atomic E-state index is 4.85. The normalized spacial score (nSPS) is 15.0. The fraction of sp³-hybridized carbons (Fsp3) is 0.370. The van der Waals surface area contributed by atoms with E-state index in [-0.39, 0.29) is 20.1 Å². The third-order valence-electron chi connectivity index (χ3n) is 12.5. The molecule has 0 atom stereocenters. The molecule has 5 heteroatoms. The van der Waals surface area contributed by atoms with Crippen LogP contribution in [0.5, 0.6) is 0 Å². The molecular formula is C54H60IrN2SSi-2. The molecule has 2 saturated carbocycles. The summed E-state index contributed by atoms with van der Waals surface area (Å²) in [5, 5.41) is 4.19. The molecule has 0 spiro atoms. The Hall–Kier alpha value is -3.73. The fourth-order valence-electron chi connectivity index (χ4n) is 9.58. The summed E-state index contributed by atoms with van der Waals surface area (Å²) in [5.41, 5.74) is 12.7. The number of rotatable bonds is 9. The molecule has 3 aromatic heterocycles. The Morgan fingerprint density at radius 2 is 1.54 bits per heavy atom. The van der Waals surface area contributed by atoms with Gasteiger partial charge in [-0.3, -0.25) is 0 Å². The van der Waals surface area contributed by atoms with Crippen molar-refractivity contribution in [1.82, 2.24) is 9.97 Å². The van der Waals surface area contributed by atoms with Crippen molar-refractivity contribution in [3.63, 3.8) is 0 Å². The Balaban J connectivity index is 0.000000183. The van der Waals surface area contributed by atoms with E-state index in [4.69, 9.17) is 9.97 Å². The molecule has 2 aliphatic carbocycles. The molecule has 59 heavy (non-hydrogen) atoms. The van der Waals surface area contributed by atoms with Crippen LogP contribution in [0.4, 0.5) is 0 Å². The summed E-state index contributed by atoms with van der Waals surface area (Å²) >= 11 is 1.89. The van der Waals surface area contributed by atoms with Gasteiger partial charge in [-0.05, 0) is 87.3 Å². The summed E-state index contributed by atoms with van der Waals surface area (Å²) in [7, 11) is -1.37. The largest absolute Gasteiger partial charge is 0.305 e. The number of thiophene rings is 1. The van der Waals surface area contributed by atoms with E-state index in [1.54, 1.807) is 0 Å². The van der Waals surface area contributed by atoms with Crippen LogP contribution in [0, 0.1) is 30.9 Å². The Kier molecular flexibility index (Phi) is 14.2. The van der Waals surface area contributed by atoms with Gasteiger partial charge in [0.15, 0.2) is 0 Å². The van der Waals surface area contributed by atoms with E-state index < -0.39 is 8.07 Å². The molecule has 2 nitrogen and oxygen atoms in total. The van der Waals surface area contributed by atoms with E-state index in [1.807, 2.05) is 17.5 Å². The zero-order valence-electron chi connectivity index (χ0n) is 36.0. The van der Waals surface area contributed by atoms with E-state index in [2.05, 4.69) is 150 Å². The van der Waals surface area contributed by atoms with Gasteiger partial charge in [0.05, 0.1) is 8.07 Å². The fourth-order valence-corrected chi connectivity index (χ4v) is 12.6. The van der Waals surface area contributed by atoms with Crippen LogP contribution in [0.25, 0.3) is 53.8 Å². The number of benzene rings is 4. The second-order valence-corrected chi connectivity index (χ2v) is 24.6. The van der Waals surface area contributed by atoms with Crippen molar-refractivity contribution in [3.05, 3.63) is 138 Å². The molecule has 9 rings (SSSR count). The minimum absolute atomic E-state index is 0. The van der Waals surface area contributed by atoms with Gasteiger partial charge in [0, 0.05) is 37.2 Å². The molecule has 0 amide bonds. The first-order valence-corrected chi connectivity index (χ1v) is 26.3. The minimum Gasteiger partial charge on any atom is -0.305 e. The Bertz CT molecular complexity index is 2490. The Morgan fingerprint density at radius 3 is 2.29 bits per heavy atom. The van der Waals surface area contributed by atoms with Crippen LogP contribution in [0.15, 0.2) is 103 Å². The van der Waals surface area contributed by atoms with Crippen LogP contribution in [-0.2, 0) is 32.9 Å². The van der Waals surface area contributed by atoms with Crippen molar-refractivity contribution in [3.8, 4) is 33.6 Å². The van der Waals surface area contributed by atoms with Gasteiger partial charge in [0.2, 0.25) is 0 Å². The van der Waals surface area contributed by atoms with Crippen molar-refractivity contribution in [2.75, 3.05) is 0 Å². The van der Waals surface area contributed by atoms with E-state index in [9.17, 15) is 0 Å². The SMILES string of the molecule is CC(C)Cc1cc(-c2[c-]ccc(C3CCCC3)c2)ncc1[Si](C)(C)C.Cc1c[c-]c(-c2cc(CC3CCCCC3)ccn2)c2sc3c(-c4ccccc4)cccc3c12.[Ir]. The molecule has 0 saturated heterocycles. The van der Waals surface area contributed by atoms with Gasteiger partial charge in [-0.2, -0.15) is 11.3 Å². The van der Waals surface area contributed by atoms with E-state index in [1.165, 1.54) is 123 Å². The molecule has 0 N–H and O–H groups in total. The molecule has 0 unspecified atom stereocenters.